The van der Waals surface area contributed by atoms with Crippen LogP contribution in [0.3, 0.4) is 0 Å². The van der Waals surface area contributed by atoms with Gasteiger partial charge < -0.3 is 10.4 Å². The van der Waals surface area contributed by atoms with Gasteiger partial charge in [0.15, 0.2) is 0 Å². The quantitative estimate of drug-likeness (QED) is 0.614. The van der Waals surface area contributed by atoms with Gasteiger partial charge in [-0.05, 0) is 0 Å². The van der Waals surface area contributed by atoms with E-state index in [-0.39, 0.29) is 6.61 Å². The summed E-state index contributed by atoms with van der Waals surface area (Å²) in [5, 5.41) is 11.7. The summed E-state index contributed by atoms with van der Waals surface area (Å²) in [6, 6.07) is 0. The molecule has 0 atom stereocenters. The SMILES string of the molecule is OCCNCC(Cl)=CCl. The fraction of sp³-hybridized carbons (Fsp3) is 0.600. The molecule has 0 aromatic heterocycles. The number of rotatable bonds is 4. The molecular weight excluding hydrogens is 161 g/mol. The summed E-state index contributed by atoms with van der Waals surface area (Å²) in [4.78, 5) is 0. The van der Waals surface area contributed by atoms with Gasteiger partial charge >= 0.3 is 0 Å². The Morgan fingerprint density at radius 1 is 1.67 bits per heavy atom. The topological polar surface area (TPSA) is 32.3 Å². The van der Waals surface area contributed by atoms with E-state index in [0.717, 1.165) is 0 Å². The van der Waals surface area contributed by atoms with E-state index in [0.29, 0.717) is 18.1 Å². The van der Waals surface area contributed by atoms with Crippen molar-refractivity contribution in [2.75, 3.05) is 19.7 Å². The number of hydrogen-bond acceptors (Lipinski definition) is 2. The minimum atomic E-state index is 0.118. The van der Waals surface area contributed by atoms with Crippen LogP contribution in [0.4, 0.5) is 0 Å². The van der Waals surface area contributed by atoms with Crippen LogP contribution in [0.15, 0.2) is 10.6 Å². The van der Waals surface area contributed by atoms with Crippen molar-refractivity contribution in [3.8, 4) is 0 Å². The third kappa shape index (κ3) is 6.12. The molecular formula is C5H9Cl2NO. The lowest BCUT2D eigenvalue weighted by Crippen LogP contribution is -2.19. The van der Waals surface area contributed by atoms with Gasteiger partial charge in [0.05, 0.1) is 6.61 Å². The second-order valence-electron chi connectivity index (χ2n) is 1.46. The summed E-state index contributed by atoms with van der Waals surface area (Å²) in [7, 11) is 0. The number of aliphatic hydroxyl groups is 1. The molecule has 0 amide bonds. The van der Waals surface area contributed by atoms with Crippen molar-refractivity contribution < 1.29 is 5.11 Å². The second-order valence-corrected chi connectivity index (χ2v) is 2.16. The summed E-state index contributed by atoms with van der Waals surface area (Å²) >= 11 is 10.7. The first-order valence-electron chi connectivity index (χ1n) is 2.57. The fourth-order valence-corrected chi connectivity index (χ4v) is 0.497. The molecule has 0 aliphatic carbocycles. The van der Waals surface area contributed by atoms with Crippen LogP contribution in [-0.4, -0.2) is 24.8 Å². The summed E-state index contributed by atoms with van der Waals surface area (Å²) in [6.07, 6.45) is 0. The molecule has 0 unspecified atom stereocenters. The van der Waals surface area contributed by atoms with Crippen LogP contribution in [0.2, 0.25) is 0 Å². The highest BCUT2D eigenvalue weighted by Crippen LogP contribution is 1.99. The monoisotopic (exact) mass is 169 g/mol. The summed E-state index contributed by atoms with van der Waals surface area (Å²) in [5.74, 6) is 0. The molecule has 2 nitrogen and oxygen atoms in total. The maximum atomic E-state index is 8.29. The van der Waals surface area contributed by atoms with Crippen molar-refractivity contribution in [2.45, 2.75) is 0 Å². The van der Waals surface area contributed by atoms with Crippen LogP contribution in [0.5, 0.6) is 0 Å². The van der Waals surface area contributed by atoms with Crippen molar-refractivity contribution in [2.24, 2.45) is 0 Å². The summed E-state index contributed by atoms with van der Waals surface area (Å²) < 4.78 is 0. The number of aliphatic hydroxyl groups excluding tert-OH is 1. The zero-order chi connectivity index (χ0) is 7.11. The molecule has 0 aromatic carbocycles. The number of halogens is 2. The fourth-order valence-electron chi connectivity index (χ4n) is 0.325. The Bertz CT molecular complexity index is 95.0. The van der Waals surface area contributed by atoms with E-state index in [2.05, 4.69) is 5.32 Å². The highest BCUT2D eigenvalue weighted by molar-refractivity contribution is 6.36. The second kappa shape index (κ2) is 6.36. The minimum Gasteiger partial charge on any atom is -0.395 e. The number of hydrogen-bond donors (Lipinski definition) is 2. The standard InChI is InChI=1S/C5H9Cl2NO/c6-3-5(7)4-8-1-2-9/h3,8-9H,1-2,4H2. The predicted octanol–water partition coefficient (Wildman–Crippen LogP) is 0.887. The molecule has 0 bridgehead atoms. The van der Waals surface area contributed by atoms with Gasteiger partial charge in [0.25, 0.3) is 0 Å². The lowest BCUT2D eigenvalue weighted by atomic mass is 10.6. The van der Waals surface area contributed by atoms with Gasteiger partial charge in [-0.2, -0.15) is 0 Å². The molecule has 0 radical (unpaired) electrons. The van der Waals surface area contributed by atoms with Crippen LogP contribution < -0.4 is 5.32 Å². The van der Waals surface area contributed by atoms with Gasteiger partial charge in [-0.1, -0.05) is 23.2 Å². The van der Waals surface area contributed by atoms with Gasteiger partial charge in [0, 0.05) is 23.7 Å². The van der Waals surface area contributed by atoms with Crippen LogP contribution in [-0.2, 0) is 0 Å². The molecule has 0 rings (SSSR count). The highest BCUT2D eigenvalue weighted by Gasteiger charge is 1.87. The Hall–Kier alpha value is 0.240. The van der Waals surface area contributed by atoms with E-state index in [4.69, 9.17) is 28.3 Å². The van der Waals surface area contributed by atoms with E-state index in [1.807, 2.05) is 0 Å². The zero-order valence-corrected chi connectivity index (χ0v) is 6.41. The smallest absolute Gasteiger partial charge is 0.0556 e. The lowest BCUT2D eigenvalue weighted by Gasteiger charge is -1.97. The maximum Gasteiger partial charge on any atom is 0.0556 e. The average molecular weight is 170 g/mol. The molecule has 0 fully saturated rings. The van der Waals surface area contributed by atoms with Crippen molar-refractivity contribution in [3.63, 3.8) is 0 Å². The van der Waals surface area contributed by atoms with Crippen molar-refractivity contribution in [1.82, 2.24) is 5.32 Å². The van der Waals surface area contributed by atoms with Gasteiger partial charge in [0.2, 0.25) is 0 Å². The summed E-state index contributed by atoms with van der Waals surface area (Å²) in [5.41, 5.74) is 1.30. The van der Waals surface area contributed by atoms with Gasteiger partial charge in [-0.15, -0.1) is 0 Å². The van der Waals surface area contributed by atoms with Crippen molar-refractivity contribution in [1.29, 1.82) is 0 Å². The van der Waals surface area contributed by atoms with E-state index in [1.54, 1.807) is 0 Å². The van der Waals surface area contributed by atoms with Crippen LogP contribution >= 0.6 is 23.2 Å². The Kier molecular flexibility index (Phi) is 6.53. The first kappa shape index (κ1) is 9.24. The van der Waals surface area contributed by atoms with E-state index in [9.17, 15) is 0 Å². The molecule has 4 heteroatoms. The lowest BCUT2D eigenvalue weighted by molar-refractivity contribution is 0.294. The van der Waals surface area contributed by atoms with Gasteiger partial charge in [0.1, 0.15) is 0 Å². The molecule has 0 aliphatic rings. The first-order chi connectivity index (χ1) is 4.31. The first-order valence-corrected chi connectivity index (χ1v) is 3.39. The van der Waals surface area contributed by atoms with Crippen LogP contribution in [0.25, 0.3) is 0 Å². The summed E-state index contributed by atoms with van der Waals surface area (Å²) in [6.45, 7) is 1.18. The third-order valence-corrected chi connectivity index (χ3v) is 1.32. The number of nitrogens with one attached hydrogen (secondary N) is 1. The Balaban J connectivity index is 3.07. The molecule has 9 heavy (non-hydrogen) atoms. The maximum absolute atomic E-state index is 8.29. The van der Waals surface area contributed by atoms with Crippen LogP contribution in [0.1, 0.15) is 0 Å². The van der Waals surface area contributed by atoms with E-state index < -0.39 is 0 Å². The zero-order valence-electron chi connectivity index (χ0n) is 4.90. The molecule has 54 valence electrons. The van der Waals surface area contributed by atoms with Crippen LogP contribution in [0, 0.1) is 0 Å². The minimum absolute atomic E-state index is 0.118. The molecule has 0 spiro atoms. The Labute approximate surface area is 64.5 Å². The highest BCUT2D eigenvalue weighted by atomic mass is 35.5. The molecule has 0 heterocycles. The van der Waals surface area contributed by atoms with Crippen molar-refractivity contribution in [3.05, 3.63) is 10.6 Å². The largest absolute Gasteiger partial charge is 0.395 e. The predicted molar refractivity (Wildman–Crippen MR) is 39.7 cm³/mol. The third-order valence-electron chi connectivity index (χ3n) is 0.701. The molecule has 0 saturated heterocycles. The average Bonchev–Trinajstić information content (AvgIpc) is 1.89. The van der Waals surface area contributed by atoms with Gasteiger partial charge in [-0.3, -0.25) is 0 Å². The molecule has 0 aliphatic heterocycles. The Morgan fingerprint density at radius 3 is 2.78 bits per heavy atom. The van der Waals surface area contributed by atoms with Crippen molar-refractivity contribution >= 4 is 23.2 Å². The molecule has 2 N–H and O–H groups in total. The molecule has 0 saturated carbocycles. The van der Waals surface area contributed by atoms with Gasteiger partial charge in [-0.25, -0.2) is 0 Å². The normalized spacial score (nSPS) is 12.1. The van der Waals surface area contributed by atoms with E-state index in [1.165, 1.54) is 5.54 Å². The molecule has 0 aromatic rings. The Morgan fingerprint density at radius 2 is 2.33 bits per heavy atom. The van der Waals surface area contributed by atoms with E-state index >= 15 is 0 Å².